The lowest BCUT2D eigenvalue weighted by atomic mass is 9.94. The highest BCUT2D eigenvalue weighted by Crippen LogP contribution is 2.37. The van der Waals surface area contributed by atoms with Crippen molar-refractivity contribution in [3.8, 4) is 0 Å². The predicted molar refractivity (Wildman–Crippen MR) is 50.0 cm³/mol. The minimum absolute atomic E-state index is 0.382. The first-order chi connectivity index (χ1) is 6.22. The van der Waals surface area contributed by atoms with Crippen molar-refractivity contribution in [3.05, 3.63) is 29.8 Å². The summed E-state index contributed by atoms with van der Waals surface area (Å²) in [6, 6.07) is 1.56. The summed E-state index contributed by atoms with van der Waals surface area (Å²) in [6.07, 6.45) is 3.29. The molecule has 2 nitrogen and oxygen atoms in total. The molecule has 0 amide bonds. The third-order valence-electron chi connectivity index (χ3n) is 2.27. The number of aliphatic hydroxyl groups is 1. The summed E-state index contributed by atoms with van der Waals surface area (Å²) in [5.74, 6) is 1.05. The van der Waals surface area contributed by atoms with Crippen LogP contribution in [-0.2, 0) is 5.60 Å². The Bertz CT molecular complexity index is 312. The van der Waals surface area contributed by atoms with E-state index >= 15 is 0 Å². The molecule has 1 N–H and O–H groups in total. The summed E-state index contributed by atoms with van der Waals surface area (Å²) < 4.78 is 13.3. The molecule has 2 rings (SSSR count). The summed E-state index contributed by atoms with van der Waals surface area (Å²) in [6.45, 7) is 0. The van der Waals surface area contributed by atoms with Gasteiger partial charge < -0.3 is 5.11 Å². The molecule has 13 heavy (non-hydrogen) atoms. The van der Waals surface area contributed by atoms with Gasteiger partial charge in [-0.2, -0.15) is 11.8 Å². The summed E-state index contributed by atoms with van der Waals surface area (Å²) in [4.78, 5) is 3.65. The molecular weight excluding hydrogens is 189 g/mol. The molecule has 1 aliphatic heterocycles. The molecule has 1 aromatic rings. The van der Waals surface area contributed by atoms with Gasteiger partial charge in [0.1, 0.15) is 11.4 Å². The molecule has 1 unspecified atom stereocenters. The maximum absolute atomic E-state index is 13.3. The molecule has 2 heterocycles. The Morgan fingerprint density at radius 1 is 1.62 bits per heavy atom. The smallest absolute Gasteiger partial charge is 0.147 e. The molecule has 70 valence electrons. The molecule has 1 saturated heterocycles. The van der Waals surface area contributed by atoms with E-state index in [1.54, 1.807) is 17.8 Å². The SMILES string of the molecule is OC1(c2ccncc2F)CCSC1. The van der Waals surface area contributed by atoms with Crippen LogP contribution in [0.3, 0.4) is 0 Å². The zero-order valence-electron chi connectivity index (χ0n) is 7.03. The van der Waals surface area contributed by atoms with Crippen LogP contribution in [0.2, 0.25) is 0 Å². The molecule has 0 spiro atoms. The Morgan fingerprint density at radius 3 is 3.08 bits per heavy atom. The zero-order chi connectivity index (χ0) is 9.31. The summed E-state index contributed by atoms with van der Waals surface area (Å²) >= 11 is 1.65. The third kappa shape index (κ3) is 1.56. The first-order valence-corrected chi connectivity index (χ1v) is 5.28. The van der Waals surface area contributed by atoms with Crippen LogP contribution < -0.4 is 0 Å². The fourth-order valence-electron chi connectivity index (χ4n) is 1.52. The topological polar surface area (TPSA) is 33.1 Å². The van der Waals surface area contributed by atoms with E-state index in [4.69, 9.17) is 0 Å². The maximum Gasteiger partial charge on any atom is 0.147 e. The van der Waals surface area contributed by atoms with Crippen LogP contribution >= 0.6 is 11.8 Å². The number of hydrogen-bond acceptors (Lipinski definition) is 3. The number of pyridine rings is 1. The van der Waals surface area contributed by atoms with E-state index in [-0.39, 0.29) is 0 Å². The number of halogens is 1. The van der Waals surface area contributed by atoms with E-state index in [0.29, 0.717) is 17.7 Å². The van der Waals surface area contributed by atoms with Crippen LogP contribution in [0.5, 0.6) is 0 Å². The van der Waals surface area contributed by atoms with E-state index in [0.717, 1.165) is 11.9 Å². The number of rotatable bonds is 1. The van der Waals surface area contributed by atoms with Crippen molar-refractivity contribution in [1.29, 1.82) is 0 Å². The highest BCUT2D eigenvalue weighted by molar-refractivity contribution is 7.99. The summed E-state index contributed by atoms with van der Waals surface area (Å²) in [5, 5.41) is 10.1. The lowest BCUT2D eigenvalue weighted by Gasteiger charge is -2.21. The molecule has 0 saturated carbocycles. The van der Waals surface area contributed by atoms with Crippen molar-refractivity contribution in [2.75, 3.05) is 11.5 Å². The van der Waals surface area contributed by atoms with Crippen LogP contribution in [0.25, 0.3) is 0 Å². The summed E-state index contributed by atoms with van der Waals surface area (Å²) in [5.41, 5.74) is -0.593. The Labute approximate surface area is 80.2 Å². The Balaban J connectivity index is 2.39. The van der Waals surface area contributed by atoms with E-state index in [1.165, 1.54) is 6.20 Å². The van der Waals surface area contributed by atoms with Gasteiger partial charge in [0.2, 0.25) is 0 Å². The van der Waals surface area contributed by atoms with Crippen LogP contribution in [0.4, 0.5) is 4.39 Å². The molecule has 0 aromatic carbocycles. The predicted octanol–water partition coefficient (Wildman–Crippen LogP) is 1.55. The first-order valence-electron chi connectivity index (χ1n) is 4.12. The van der Waals surface area contributed by atoms with Gasteiger partial charge >= 0.3 is 0 Å². The molecule has 1 aromatic heterocycles. The highest BCUT2D eigenvalue weighted by Gasteiger charge is 2.35. The molecule has 4 heteroatoms. The molecule has 0 aliphatic carbocycles. The normalized spacial score (nSPS) is 27.8. The second-order valence-electron chi connectivity index (χ2n) is 3.19. The van der Waals surface area contributed by atoms with Crippen molar-refractivity contribution in [2.24, 2.45) is 0 Å². The highest BCUT2D eigenvalue weighted by atomic mass is 32.2. The third-order valence-corrected chi connectivity index (χ3v) is 3.45. The van der Waals surface area contributed by atoms with Crippen LogP contribution in [0.15, 0.2) is 18.5 Å². The van der Waals surface area contributed by atoms with Crippen molar-refractivity contribution in [2.45, 2.75) is 12.0 Å². The van der Waals surface area contributed by atoms with Gasteiger partial charge in [-0.15, -0.1) is 0 Å². The summed E-state index contributed by atoms with van der Waals surface area (Å²) in [7, 11) is 0. The molecule has 0 bridgehead atoms. The monoisotopic (exact) mass is 199 g/mol. The zero-order valence-corrected chi connectivity index (χ0v) is 7.85. The van der Waals surface area contributed by atoms with Gasteiger partial charge in [0.05, 0.1) is 6.20 Å². The molecule has 0 radical (unpaired) electrons. The molecule has 1 fully saturated rings. The quantitative estimate of drug-likeness (QED) is 0.745. The second-order valence-corrected chi connectivity index (χ2v) is 4.29. The number of nitrogens with zero attached hydrogens (tertiary/aromatic N) is 1. The van der Waals surface area contributed by atoms with Gasteiger partial charge in [-0.05, 0) is 18.2 Å². The molecule has 1 aliphatic rings. The molecular formula is C9H10FNOS. The van der Waals surface area contributed by atoms with Gasteiger partial charge in [-0.3, -0.25) is 4.98 Å². The van der Waals surface area contributed by atoms with Crippen molar-refractivity contribution in [3.63, 3.8) is 0 Å². The van der Waals surface area contributed by atoms with Gasteiger partial charge in [0, 0.05) is 17.5 Å². The van der Waals surface area contributed by atoms with E-state index in [1.807, 2.05) is 0 Å². The number of hydrogen-bond donors (Lipinski definition) is 1. The average Bonchev–Trinajstić information content (AvgIpc) is 2.54. The van der Waals surface area contributed by atoms with Gasteiger partial charge in [0.25, 0.3) is 0 Å². The van der Waals surface area contributed by atoms with Crippen molar-refractivity contribution < 1.29 is 9.50 Å². The largest absolute Gasteiger partial charge is 0.384 e. The van der Waals surface area contributed by atoms with Gasteiger partial charge in [-0.1, -0.05) is 0 Å². The Morgan fingerprint density at radius 2 is 2.46 bits per heavy atom. The van der Waals surface area contributed by atoms with Crippen LogP contribution in [0.1, 0.15) is 12.0 Å². The average molecular weight is 199 g/mol. The minimum atomic E-state index is -0.975. The van der Waals surface area contributed by atoms with E-state index < -0.39 is 11.4 Å². The number of thioether (sulfide) groups is 1. The Kier molecular flexibility index (Phi) is 2.26. The first kappa shape index (κ1) is 8.97. The lowest BCUT2D eigenvalue weighted by Crippen LogP contribution is -2.26. The van der Waals surface area contributed by atoms with E-state index in [9.17, 15) is 9.50 Å². The fourth-order valence-corrected chi connectivity index (χ4v) is 2.78. The maximum atomic E-state index is 13.3. The minimum Gasteiger partial charge on any atom is -0.384 e. The van der Waals surface area contributed by atoms with Crippen molar-refractivity contribution in [1.82, 2.24) is 4.98 Å². The van der Waals surface area contributed by atoms with E-state index in [2.05, 4.69) is 4.98 Å². The van der Waals surface area contributed by atoms with Gasteiger partial charge in [-0.25, -0.2) is 4.39 Å². The standard InChI is InChI=1S/C9H10FNOS/c10-8-5-11-3-1-7(8)9(12)2-4-13-6-9/h1,3,5,12H,2,4,6H2. The van der Waals surface area contributed by atoms with Crippen molar-refractivity contribution >= 4 is 11.8 Å². The van der Waals surface area contributed by atoms with Gasteiger partial charge in [0.15, 0.2) is 0 Å². The second kappa shape index (κ2) is 3.27. The number of aromatic nitrogens is 1. The van der Waals surface area contributed by atoms with Crippen LogP contribution in [-0.4, -0.2) is 21.6 Å². The Hall–Kier alpha value is -0.610. The van der Waals surface area contributed by atoms with Crippen LogP contribution in [0, 0.1) is 5.82 Å². The lowest BCUT2D eigenvalue weighted by molar-refractivity contribution is 0.0617. The molecule has 1 atom stereocenters. The fraction of sp³-hybridized carbons (Fsp3) is 0.444.